The van der Waals surface area contributed by atoms with Crippen molar-refractivity contribution >= 4 is 17.8 Å². The van der Waals surface area contributed by atoms with Gasteiger partial charge in [-0.1, -0.05) is 0 Å². The van der Waals surface area contributed by atoms with E-state index in [2.05, 4.69) is 5.32 Å². The second-order valence-corrected chi connectivity index (χ2v) is 4.42. The number of imide groups is 1. The maximum Gasteiger partial charge on any atom is 0.327 e. The van der Waals surface area contributed by atoms with Gasteiger partial charge in [-0.25, -0.2) is 4.79 Å². The lowest BCUT2D eigenvalue weighted by atomic mass is 10.0. The fraction of sp³-hybridized carbons (Fsp3) is 0.700. The molecule has 4 amide bonds. The summed E-state index contributed by atoms with van der Waals surface area (Å²) in [6, 6.07) is -0.595. The number of hydrogen-bond acceptors (Lipinski definition) is 6. The summed E-state index contributed by atoms with van der Waals surface area (Å²) in [5.74, 6) is -1.26. The number of likely N-dealkylation sites (N-methyl/N-ethyl adjacent to an activating group) is 1. The van der Waals surface area contributed by atoms with Gasteiger partial charge < -0.3 is 25.5 Å². The van der Waals surface area contributed by atoms with E-state index < -0.39 is 49.7 Å². The molecule has 0 aromatic rings. The Kier molecular flexibility index (Phi) is 4.81. The smallest absolute Gasteiger partial charge is 0.327 e. The summed E-state index contributed by atoms with van der Waals surface area (Å²) < 4.78 is 0. The van der Waals surface area contributed by atoms with Crippen molar-refractivity contribution in [1.29, 1.82) is 0 Å². The molecule has 9 nitrogen and oxygen atoms in total. The molecular formula is C10H17N3O6. The Bertz CT molecular complexity index is 373. The number of hydrogen-bond donors (Lipinski definition) is 4. The van der Waals surface area contributed by atoms with Crippen molar-refractivity contribution < 1.29 is 29.7 Å². The number of carbonyl (C=O) groups is 3. The van der Waals surface area contributed by atoms with Crippen molar-refractivity contribution in [3.8, 4) is 0 Å². The lowest BCUT2D eigenvalue weighted by Gasteiger charge is -2.29. The largest absolute Gasteiger partial charge is 0.394 e. The molecule has 0 aromatic heterocycles. The van der Waals surface area contributed by atoms with Crippen molar-refractivity contribution in [3.05, 3.63) is 0 Å². The normalized spacial score (nSPS) is 16.2. The van der Waals surface area contributed by atoms with Crippen molar-refractivity contribution in [2.75, 3.05) is 40.0 Å². The maximum absolute atomic E-state index is 11.7. The first-order chi connectivity index (χ1) is 8.89. The minimum absolute atomic E-state index is 0.0999. The highest BCUT2D eigenvalue weighted by molar-refractivity contribution is 6.04. The molecule has 1 aliphatic rings. The van der Waals surface area contributed by atoms with Gasteiger partial charge in [0.2, 0.25) is 5.91 Å². The van der Waals surface area contributed by atoms with E-state index in [0.29, 0.717) is 0 Å². The van der Waals surface area contributed by atoms with Crippen molar-refractivity contribution in [3.63, 3.8) is 0 Å². The number of carbonyl (C=O) groups excluding carboxylic acids is 3. The first-order valence-electron chi connectivity index (χ1n) is 5.58. The highest BCUT2D eigenvalue weighted by Crippen LogP contribution is 2.08. The van der Waals surface area contributed by atoms with Crippen LogP contribution in [0.15, 0.2) is 0 Å². The molecule has 1 rings (SSSR count). The molecule has 9 heteroatoms. The molecule has 108 valence electrons. The first kappa shape index (κ1) is 15.3. The van der Waals surface area contributed by atoms with Gasteiger partial charge in [0.15, 0.2) is 0 Å². The van der Waals surface area contributed by atoms with Crippen LogP contribution in [0.1, 0.15) is 0 Å². The average Bonchev–Trinajstić information content (AvgIpc) is 2.63. The summed E-state index contributed by atoms with van der Waals surface area (Å²) in [4.78, 5) is 36.6. The van der Waals surface area contributed by atoms with Gasteiger partial charge in [-0.05, 0) is 0 Å². The van der Waals surface area contributed by atoms with Crippen LogP contribution < -0.4 is 5.32 Å². The predicted octanol–water partition coefficient (Wildman–Crippen LogP) is -3.29. The van der Waals surface area contributed by atoms with Crippen LogP contribution >= 0.6 is 0 Å². The quantitative estimate of drug-likeness (QED) is 0.376. The summed E-state index contributed by atoms with van der Waals surface area (Å²) in [6.07, 6.45) is 0. The van der Waals surface area contributed by atoms with E-state index >= 15 is 0 Å². The third-order valence-corrected chi connectivity index (χ3v) is 2.85. The summed E-state index contributed by atoms with van der Waals surface area (Å²) in [5, 5.41) is 29.3. The van der Waals surface area contributed by atoms with Crippen molar-refractivity contribution in [2.45, 2.75) is 5.54 Å². The summed E-state index contributed by atoms with van der Waals surface area (Å²) in [5.41, 5.74) is -1.57. The molecule has 19 heavy (non-hydrogen) atoms. The predicted molar refractivity (Wildman–Crippen MR) is 61.9 cm³/mol. The SMILES string of the molecule is CN1CC(=O)N(CC(=O)NC(CO)(CO)CO)C1=O. The van der Waals surface area contributed by atoms with E-state index in [1.807, 2.05) is 0 Å². The van der Waals surface area contributed by atoms with Gasteiger partial charge in [0.1, 0.15) is 18.6 Å². The number of rotatable bonds is 6. The zero-order chi connectivity index (χ0) is 14.6. The molecule has 1 heterocycles. The van der Waals surface area contributed by atoms with Crippen molar-refractivity contribution in [1.82, 2.24) is 15.1 Å². The minimum Gasteiger partial charge on any atom is -0.394 e. The van der Waals surface area contributed by atoms with Crippen LogP contribution in [0.25, 0.3) is 0 Å². The van der Waals surface area contributed by atoms with Gasteiger partial charge in [-0.3, -0.25) is 14.5 Å². The lowest BCUT2D eigenvalue weighted by molar-refractivity contribution is -0.132. The molecule has 4 N–H and O–H groups in total. The summed E-state index contributed by atoms with van der Waals surface area (Å²) in [6.45, 7) is -2.64. The zero-order valence-electron chi connectivity index (χ0n) is 10.5. The Hall–Kier alpha value is -1.71. The standard InChI is InChI=1S/C10H17N3O6/c1-12-3-8(18)13(9(12)19)2-7(17)11-10(4-14,5-15)6-16/h14-16H,2-6H2,1H3,(H,11,17). The molecule has 0 aromatic carbocycles. The van der Waals surface area contributed by atoms with Gasteiger partial charge in [-0.2, -0.15) is 0 Å². The van der Waals surface area contributed by atoms with Crippen LogP contribution in [0.2, 0.25) is 0 Å². The van der Waals surface area contributed by atoms with Gasteiger partial charge in [0.05, 0.1) is 19.8 Å². The van der Waals surface area contributed by atoms with Gasteiger partial charge >= 0.3 is 6.03 Å². The highest BCUT2D eigenvalue weighted by Gasteiger charge is 2.37. The van der Waals surface area contributed by atoms with E-state index in [-0.39, 0.29) is 6.54 Å². The number of urea groups is 1. The fourth-order valence-corrected chi connectivity index (χ4v) is 1.57. The third kappa shape index (κ3) is 3.19. The molecule has 0 bridgehead atoms. The maximum atomic E-state index is 11.7. The molecular weight excluding hydrogens is 258 g/mol. The average molecular weight is 275 g/mol. The van der Waals surface area contributed by atoms with E-state index in [4.69, 9.17) is 15.3 Å². The molecule has 1 aliphatic heterocycles. The lowest BCUT2D eigenvalue weighted by Crippen LogP contribution is -2.59. The third-order valence-electron chi connectivity index (χ3n) is 2.85. The molecule has 0 saturated carbocycles. The van der Waals surface area contributed by atoms with Crippen LogP contribution in [-0.2, 0) is 9.59 Å². The zero-order valence-corrected chi connectivity index (χ0v) is 10.5. The first-order valence-corrected chi connectivity index (χ1v) is 5.58. The molecule has 0 unspecified atom stereocenters. The number of aliphatic hydroxyl groups is 3. The molecule has 1 fully saturated rings. The highest BCUT2D eigenvalue weighted by atomic mass is 16.3. The topological polar surface area (TPSA) is 130 Å². The number of aliphatic hydroxyl groups excluding tert-OH is 3. The van der Waals surface area contributed by atoms with Crippen LogP contribution in [0.3, 0.4) is 0 Å². The monoisotopic (exact) mass is 275 g/mol. The van der Waals surface area contributed by atoms with Crippen LogP contribution in [0.5, 0.6) is 0 Å². The Balaban J connectivity index is 2.65. The van der Waals surface area contributed by atoms with Gasteiger partial charge in [-0.15, -0.1) is 0 Å². The Labute approximate surface area is 109 Å². The summed E-state index contributed by atoms with van der Waals surface area (Å²) >= 11 is 0. The minimum atomic E-state index is -1.57. The number of nitrogens with one attached hydrogen (secondary N) is 1. The molecule has 1 saturated heterocycles. The molecule has 0 atom stereocenters. The summed E-state index contributed by atoms with van der Waals surface area (Å²) in [7, 11) is 1.43. The number of amides is 4. The Morgan fingerprint density at radius 2 is 1.79 bits per heavy atom. The van der Waals surface area contributed by atoms with Crippen LogP contribution in [0.4, 0.5) is 4.79 Å². The van der Waals surface area contributed by atoms with Gasteiger partial charge in [0.25, 0.3) is 5.91 Å². The molecule has 0 radical (unpaired) electrons. The Morgan fingerprint density at radius 3 is 2.16 bits per heavy atom. The second kappa shape index (κ2) is 5.95. The van der Waals surface area contributed by atoms with E-state index in [9.17, 15) is 14.4 Å². The van der Waals surface area contributed by atoms with E-state index in [1.54, 1.807) is 0 Å². The number of nitrogens with zero attached hydrogens (tertiary/aromatic N) is 2. The fourth-order valence-electron chi connectivity index (χ4n) is 1.57. The van der Waals surface area contributed by atoms with Crippen LogP contribution in [-0.4, -0.2) is 88.5 Å². The Morgan fingerprint density at radius 1 is 1.26 bits per heavy atom. The van der Waals surface area contributed by atoms with E-state index in [1.165, 1.54) is 7.05 Å². The molecule has 0 aliphatic carbocycles. The second-order valence-electron chi connectivity index (χ2n) is 4.42. The van der Waals surface area contributed by atoms with E-state index in [0.717, 1.165) is 9.80 Å². The molecule has 0 spiro atoms. The van der Waals surface area contributed by atoms with Gasteiger partial charge in [0, 0.05) is 7.05 Å². The van der Waals surface area contributed by atoms with Crippen molar-refractivity contribution in [2.24, 2.45) is 0 Å². The van der Waals surface area contributed by atoms with Crippen LogP contribution in [0, 0.1) is 0 Å².